The first kappa shape index (κ1) is 10.4. The summed E-state index contributed by atoms with van der Waals surface area (Å²) in [7, 11) is 1.05. The van der Waals surface area contributed by atoms with Crippen molar-refractivity contribution in [3.05, 3.63) is 29.8 Å². The zero-order chi connectivity index (χ0) is 9.84. The van der Waals surface area contributed by atoms with Gasteiger partial charge >= 0.3 is 0 Å². The van der Waals surface area contributed by atoms with Crippen molar-refractivity contribution in [2.45, 2.75) is 17.9 Å². The molecule has 1 N–H and O–H groups in total. The summed E-state index contributed by atoms with van der Waals surface area (Å²) in [4.78, 5) is 0.882. The highest BCUT2D eigenvalue weighted by atomic mass is 32.2. The molecule has 0 radical (unpaired) electrons. The van der Waals surface area contributed by atoms with Crippen molar-refractivity contribution in [2.75, 3.05) is 13.3 Å². The molecule has 0 saturated heterocycles. The SMILES string of the molecule is CN[C@H](C)c1ccc([S@](C)=O)cc1. The molecule has 3 heteroatoms. The van der Waals surface area contributed by atoms with E-state index in [4.69, 9.17) is 0 Å². The van der Waals surface area contributed by atoms with Gasteiger partial charge in [-0.15, -0.1) is 0 Å². The van der Waals surface area contributed by atoms with E-state index in [9.17, 15) is 4.21 Å². The second kappa shape index (κ2) is 4.53. The minimum absolute atomic E-state index is 0.347. The Morgan fingerprint density at radius 1 is 1.31 bits per heavy atom. The van der Waals surface area contributed by atoms with E-state index in [2.05, 4.69) is 12.2 Å². The van der Waals surface area contributed by atoms with Gasteiger partial charge in [-0.2, -0.15) is 0 Å². The third kappa shape index (κ3) is 2.64. The fourth-order valence-electron chi connectivity index (χ4n) is 1.11. The second-order valence-electron chi connectivity index (χ2n) is 3.03. The molecule has 1 rings (SSSR count). The Balaban J connectivity index is 2.87. The van der Waals surface area contributed by atoms with Gasteiger partial charge < -0.3 is 5.32 Å². The molecule has 0 heterocycles. The summed E-state index contributed by atoms with van der Waals surface area (Å²) in [6.07, 6.45) is 1.69. The Kier molecular flexibility index (Phi) is 3.63. The van der Waals surface area contributed by atoms with E-state index in [1.807, 2.05) is 31.3 Å². The maximum atomic E-state index is 11.1. The molecule has 0 aliphatic heterocycles. The number of hydrogen-bond donors (Lipinski definition) is 1. The lowest BCUT2D eigenvalue weighted by molar-refractivity contribution is 0.651. The highest BCUT2D eigenvalue weighted by molar-refractivity contribution is 7.84. The van der Waals surface area contributed by atoms with Crippen LogP contribution in [0.1, 0.15) is 18.5 Å². The lowest BCUT2D eigenvalue weighted by atomic mass is 10.1. The summed E-state index contributed by atoms with van der Waals surface area (Å²) in [5, 5.41) is 3.15. The van der Waals surface area contributed by atoms with Crippen LogP contribution >= 0.6 is 0 Å². The first-order valence-electron chi connectivity index (χ1n) is 4.26. The van der Waals surface area contributed by atoms with Gasteiger partial charge in [0.1, 0.15) is 0 Å². The van der Waals surface area contributed by atoms with Gasteiger partial charge in [-0.3, -0.25) is 4.21 Å². The van der Waals surface area contributed by atoms with Gasteiger partial charge in [0.25, 0.3) is 0 Å². The summed E-state index contributed by atoms with van der Waals surface area (Å²) in [5.74, 6) is 0. The largest absolute Gasteiger partial charge is 0.313 e. The Bertz CT molecular complexity index is 294. The first-order valence-corrected chi connectivity index (χ1v) is 5.81. The molecule has 0 aliphatic carbocycles. The minimum atomic E-state index is -0.873. The summed E-state index contributed by atoms with van der Waals surface area (Å²) < 4.78 is 11.1. The van der Waals surface area contributed by atoms with Crippen LogP contribution in [0.5, 0.6) is 0 Å². The van der Waals surface area contributed by atoms with Crippen LogP contribution in [-0.2, 0) is 10.8 Å². The van der Waals surface area contributed by atoms with E-state index in [0.717, 1.165) is 4.90 Å². The van der Waals surface area contributed by atoms with Crippen LogP contribution in [0, 0.1) is 0 Å². The Hall–Kier alpha value is -0.670. The number of nitrogens with one attached hydrogen (secondary N) is 1. The maximum absolute atomic E-state index is 11.1. The summed E-state index contributed by atoms with van der Waals surface area (Å²) in [5.41, 5.74) is 1.22. The van der Waals surface area contributed by atoms with Crippen molar-refractivity contribution in [3.8, 4) is 0 Å². The average Bonchev–Trinajstić information content (AvgIpc) is 2.17. The molecule has 2 atom stereocenters. The van der Waals surface area contributed by atoms with Gasteiger partial charge in [0.05, 0.1) is 0 Å². The standard InChI is InChI=1S/C10H15NOS/c1-8(11-2)9-4-6-10(7-5-9)13(3)12/h4-8,11H,1-3H3/t8-,13+/m1/s1. The number of hydrogen-bond acceptors (Lipinski definition) is 2. The Labute approximate surface area is 81.8 Å². The second-order valence-corrected chi connectivity index (χ2v) is 4.41. The van der Waals surface area contributed by atoms with Gasteiger partial charge in [-0.25, -0.2) is 0 Å². The summed E-state index contributed by atoms with van der Waals surface area (Å²) in [6, 6.07) is 8.20. The van der Waals surface area contributed by atoms with Gasteiger partial charge in [-0.1, -0.05) is 12.1 Å². The van der Waals surface area contributed by atoms with Crippen LogP contribution < -0.4 is 5.32 Å². The zero-order valence-corrected chi connectivity index (χ0v) is 9.02. The van der Waals surface area contributed by atoms with E-state index >= 15 is 0 Å². The van der Waals surface area contributed by atoms with Crippen LogP contribution in [-0.4, -0.2) is 17.5 Å². The molecule has 1 aromatic carbocycles. The molecule has 0 bridgehead atoms. The molecule has 0 aliphatic rings. The lowest BCUT2D eigenvalue weighted by Crippen LogP contribution is -2.12. The van der Waals surface area contributed by atoms with Crippen LogP contribution in [0.2, 0.25) is 0 Å². The Morgan fingerprint density at radius 3 is 2.23 bits per heavy atom. The smallest absolute Gasteiger partial charge is 0.0498 e. The van der Waals surface area contributed by atoms with Crippen molar-refractivity contribution >= 4 is 10.8 Å². The van der Waals surface area contributed by atoms with Crippen molar-refractivity contribution in [2.24, 2.45) is 0 Å². The molecule has 2 nitrogen and oxygen atoms in total. The fraction of sp³-hybridized carbons (Fsp3) is 0.400. The van der Waals surface area contributed by atoms with Crippen LogP contribution in [0.3, 0.4) is 0 Å². The van der Waals surface area contributed by atoms with Gasteiger partial charge in [0.15, 0.2) is 0 Å². The van der Waals surface area contributed by atoms with Gasteiger partial charge in [-0.05, 0) is 31.7 Å². The third-order valence-corrected chi connectivity index (χ3v) is 3.08. The molecule has 72 valence electrons. The first-order chi connectivity index (χ1) is 6.15. The summed E-state index contributed by atoms with van der Waals surface area (Å²) >= 11 is 0. The molecule has 0 amide bonds. The predicted molar refractivity (Wildman–Crippen MR) is 56.2 cm³/mol. The molecule has 1 aromatic rings. The quantitative estimate of drug-likeness (QED) is 0.799. The van der Waals surface area contributed by atoms with E-state index in [1.54, 1.807) is 6.26 Å². The van der Waals surface area contributed by atoms with Crippen LogP contribution in [0.15, 0.2) is 29.2 Å². The molecule has 0 spiro atoms. The van der Waals surface area contributed by atoms with E-state index in [-0.39, 0.29) is 0 Å². The van der Waals surface area contributed by atoms with Gasteiger partial charge in [0, 0.05) is 28.0 Å². The highest BCUT2D eigenvalue weighted by Gasteiger charge is 2.02. The molecular formula is C10H15NOS. The van der Waals surface area contributed by atoms with Crippen LogP contribution in [0.25, 0.3) is 0 Å². The van der Waals surface area contributed by atoms with Crippen LogP contribution in [0.4, 0.5) is 0 Å². The summed E-state index contributed by atoms with van der Waals surface area (Å²) in [6.45, 7) is 2.10. The third-order valence-electron chi connectivity index (χ3n) is 2.15. The predicted octanol–water partition coefficient (Wildman–Crippen LogP) is 1.70. The van der Waals surface area contributed by atoms with Crippen molar-refractivity contribution < 1.29 is 4.21 Å². The van der Waals surface area contributed by atoms with Crippen molar-refractivity contribution in [1.29, 1.82) is 0 Å². The minimum Gasteiger partial charge on any atom is -0.313 e. The zero-order valence-electron chi connectivity index (χ0n) is 8.20. The number of benzene rings is 1. The van der Waals surface area contributed by atoms with E-state index in [0.29, 0.717) is 6.04 Å². The maximum Gasteiger partial charge on any atom is 0.0498 e. The molecule has 13 heavy (non-hydrogen) atoms. The van der Waals surface area contributed by atoms with Gasteiger partial charge in [0.2, 0.25) is 0 Å². The fourth-order valence-corrected chi connectivity index (χ4v) is 1.63. The molecule has 0 aromatic heterocycles. The Morgan fingerprint density at radius 2 is 1.85 bits per heavy atom. The van der Waals surface area contributed by atoms with E-state index in [1.165, 1.54) is 5.56 Å². The molecule has 0 fully saturated rings. The number of rotatable bonds is 3. The molecular weight excluding hydrogens is 182 g/mol. The molecule has 0 saturated carbocycles. The van der Waals surface area contributed by atoms with Crippen molar-refractivity contribution in [3.63, 3.8) is 0 Å². The normalized spacial score (nSPS) is 15.3. The highest BCUT2D eigenvalue weighted by Crippen LogP contribution is 2.13. The van der Waals surface area contributed by atoms with Crippen molar-refractivity contribution in [1.82, 2.24) is 5.32 Å². The lowest BCUT2D eigenvalue weighted by Gasteiger charge is -2.10. The topological polar surface area (TPSA) is 29.1 Å². The van der Waals surface area contributed by atoms with E-state index < -0.39 is 10.8 Å². The molecule has 0 unspecified atom stereocenters. The monoisotopic (exact) mass is 197 g/mol. The average molecular weight is 197 g/mol.